The summed E-state index contributed by atoms with van der Waals surface area (Å²) in [5.74, 6) is 0.0157. The molecule has 1 aliphatic heterocycles. The molecule has 1 amide bonds. The van der Waals surface area contributed by atoms with Gasteiger partial charge in [-0.15, -0.1) is 0 Å². The number of halogens is 2. The normalized spacial score (nSPS) is 15.8. The maximum absolute atomic E-state index is 12.9. The van der Waals surface area contributed by atoms with Crippen molar-refractivity contribution in [1.29, 1.82) is 5.26 Å². The molecule has 3 N–H and O–H groups in total. The van der Waals surface area contributed by atoms with Crippen LogP contribution >= 0.6 is 35.1 Å². The van der Waals surface area contributed by atoms with E-state index in [-0.39, 0.29) is 24.5 Å². The van der Waals surface area contributed by atoms with Crippen molar-refractivity contribution in [1.82, 2.24) is 14.8 Å². The Morgan fingerprint density at radius 3 is 2.57 bits per heavy atom. The number of hydrogen-bond acceptors (Lipinski definition) is 7. The number of likely N-dealkylation sites (tertiary alicyclic amines) is 1. The van der Waals surface area contributed by atoms with Crippen molar-refractivity contribution in [3.63, 3.8) is 0 Å². The third-order valence-electron chi connectivity index (χ3n) is 6.05. The summed E-state index contributed by atoms with van der Waals surface area (Å²) in [7, 11) is 1.84. The number of aliphatic hydroxyl groups is 1. The van der Waals surface area contributed by atoms with Crippen LogP contribution in [0.4, 0.5) is 0 Å². The van der Waals surface area contributed by atoms with Gasteiger partial charge < -0.3 is 10.0 Å². The van der Waals surface area contributed by atoms with Crippen LogP contribution in [0.25, 0.3) is 0 Å². The molecule has 2 heterocycles. The van der Waals surface area contributed by atoms with Crippen molar-refractivity contribution in [3.8, 4) is 6.07 Å². The lowest BCUT2D eigenvalue weighted by molar-refractivity contribution is -0.131. The summed E-state index contributed by atoms with van der Waals surface area (Å²) in [6.07, 6.45) is 2.34. The molecule has 0 bridgehead atoms. The highest BCUT2D eigenvalue weighted by Gasteiger charge is 2.28. The van der Waals surface area contributed by atoms with Gasteiger partial charge in [-0.05, 0) is 53.8 Å². The van der Waals surface area contributed by atoms with E-state index in [0.29, 0.717) is 28.8 Å². The van der Waals surface area contributed by atoms with E-state index in [1.54, 1.807) is 35.4 Å². The Labute approximate surface area is 231 Å². The molecule has 10 heteroatoms. The predicted molar refractivity (Wildman–Crippen MR) is 148 cm³/mol. The molecule has 1 saturated heterocycles. The first-order valence-corrected chi connectivity index (χ1v) is 13.3. The van der Waals surface area contributed by atoms with Crippen LogP contribution < -0.4 is 5.14 Å². The number of amides is 1. The fraction of sp³-hybridized carbons (Fsp3) is 0.296. The fourth-order valence-corrected chi connectivity index (χ4v) is 4.57. The Bertz CT molecular complexity index is 1210. The second-order valence-corrected chi connectivity index (χ2v) is 10.2. The SMILES string of the molecule is CN(C(=O)Cc1ccc(Cl)c(Cl)c1)C(CN1CCC(O)C1)c1ccccc1.N#Cc1ccc(SN)cn1. The smallest absolute Gasteiger partial charge is 0.227 e. The summed E-state index contributed by atoms with van der Waals surface area (Å²) in [5.41, 5.74) is 2.34. The van der Waals surface area contributed by atoms with Gasteiger partial charge in [0, 0.05) is 37.8 Å². The minimum Gasteiger partial charge on any atom is -0.392 e. The zero-order chi connectivity index (χ0) is 26.8. The molecule has 2 aromatic carbocycles. The van der Waals surface area contributed by atoms with Gasteiger partial charge in [-0.1, -0.05) is 59.6 Å². The highest BCUT2D eigenvalue weighted by Crippen LogP contribution is 2.26. The van der Waals surface area contributed by atoms with Gasteiger partial charge in [0.15, 0.2) is 0 Å². The van der Waals surface area contributed by atoms with Gasteiger partial charge in [0.1, 0.15) is 11.8 Å². The molecule has 0 saturated carbocycles. The van der Waals surface area contributed by atoms with Crippen LogP contribution in [0.1, 0.15) is 29.3 Å². The van der Waals surface area contributed by atoms with Crippen LogP contribution in [0.5, 0.6) is 0 Å². The topological polar surface area (TPSA) is 106 Å². The summed E-state index contributed by atoms with van der Waals surface area (Å²) in [6.45, 7) is 2.20. The summed E-state index contributed by atoms with van der Waals surface area (Å²) < 4.78 is 0. The van der Waals surface area contributed by atoms with E-state index in [0.717, 1.165) is 40.9 Å². The number of benzene rings is 2. The number of nitriles is 1. The molecule has 0 spiro atoms. The number of β-amino-alcohol motifs (C(OH)–C–C–N with tert-alkyl or cyclic N) is 1. The monoisotopic (exact) mass is 557 g/mol. The minimum atomic E-state index is -0.279. The fourth-order valence-electron chi connectivity index (χ4n) is 3.99. The third kappa shape index (κ3) is 8.71. The number of aliphatic hydroxyl groups excluding tert-OH is 1. The van der Waals surface area contributed by atoms with Crippen LogP contribution in [0, 0.1) is 11.3 Å². The Balaban J connectivity index is 0.000000319. The second kappa shape index (κ2) is 14.3. The molecule has 2 atom stereocenters. The lowest BCUT2D eigenvalue weighted by atomic mass is 10.0. The number of hydrogen-bond donors (Lipinski definition) is 2. The van der Waals surface area contributed by atoms with Gasteiger partial charge in [0.05, 0.1) is 28.6 Å². The first-order valence-electron chi connectivity index (χ1n) is 11.7. The van der Waals surface area contributed by atoms with Gasteiger partial charge in [-0.2, -0.15) is 5.26 Å². The van der Waals surface area contributed by atoms with Gasteiger partial charge in [-0.25, -0.2) is 4.98 Å². The first-order chi connectivity index (χ1) is 17.8. The van der Waals surface area contributed by atoms with Crippen molar-refractivity contribution in [2.24, 2.45) is 5.14 Å². The maximum atomic E-state index is 12.9. The highest BCUT2D eigenvalue weighted by atomic mass is 35.5. The van der Waals surface area contributed by atoms with Crippen molar-refractivity contribution >= 4 is 41.1 Å². The van der Waals surface area contributed by atoms with E-state index in [4.69, 9.17) is 33.6 Å². The zero-order valence-corrected chi connectivity index (χ0v) is 22.8. The molecule has 0 aliphatic carbocycles. The average Bonchev–Trinajstić information content (AvgIpc) is 3.34. The summed E-state index contributed by atoms with van der Waals surface area (Å²) in [6, 6.07) is 20.5. The number of likely N-dealkylation sites (N-methyl/N-ethyl adjacent to an activating group) is 1. The van der Waals surface area contributed by atoms with Crippen LogP contribution in [-0.2, 0) is 11.2 Å². The van der Waals surface area contributed by atoms with E-state index in [9.17, 15) is 9.90 Å². The Hall–Kier alpha value is -2.64. The largest absolute Gasteiger partial charge is 0.392 e. The Morgan fingerprint density at radius 1 is 1.24 bits per heavy atom. The second-order valence-electron chi connectivity index (χ2n) is 8.67. The van der Waals surface area contributed by atoms with E-state index in [1.807, 2.05) is 49.5 Å². The van der Waals surface area contributed by atoms with Crippen LogP contribution in [0.3, 0.4) is 0 Å². The van der Waals surface area contributed by atoms with Gasteiger partial charge >= 0.3 is 0 Å². The van der Waals surface area contributed by atoms with E-state index >= 15 is 0 Å². The van der Waals surface area contributed by atoms with Gasteiger partial charge in [-0.3, -0.25) is 14.8 Å². The number of carbonyl (C=O) groups is 1. The molecule has 194 valence electrons. The molecular weight excluding hydrogens is 529 g/mol. The summed E-state index contributed by atoms with van der Waals surface area (Å²) in [5, 5.41) is 24.4. The molecule has 7 nitrogen and oxygen atoms in total. The molecule has 1 aliphatic rings. The number of carbonyl (C=O) groups excluding carboxylic acids is 1. The quantitative estimate of drug-likeness (QED) is 0.404. The Morgan fingerprint density at radius 2 is 2.00 bits per heavy atom. The van der Waals surface area contributed by atoms with Crippen LogP contribution in [0.15, 0.2) is 71.8 Å². The van der Waals surface area contributed by atoms with Crippen LogP contribution in [-0.4, -0.2) is 58.6 Å². The van der Waals surface area contributed by atoms with Crippen molar-refractivity contribution in [3.05, 3.63) is 93.7 Å². The average molecular weight is 559 g/mol. The summed E-state index contributed by atoms with van der Waals surface area (Å²) >= 11 is 13.2. The molecule has 2 unspecified atom stereocenters. The van der Waals surface area contributed by atoms with Crippen molar-refractivity contribution in [2.45, 2.75) is 29.9 Å². The molecular formula is C27H29Cl2N5O2S. The molecule has 1 fully saturated rings. The molecule has 3 aromatic rings. The van der Waals surface area contributed by atoms with Gasteiger partial charge in [0.25, 0.3) is 0 Å². The molecule has 37 heavy (non-hydrogen) atoms. The van der Waals surface area contributed by atoms with E-state index in [2.05, 4.69) is 9.88 Å². The highest BCUT2D eigenvalue weighted by molar-refractivity contribution is 7.97. The van der Waals surface area contributed by atoms with Crippen LogP contribution in [0.2, 0.25) is 10.0 Å². The van der Waals surface area contributed by atoms with Crippen molar-refractivity contribution in [2.75, 3.05) is 26.7 Å². The van der Waals surface area contributed by atoms with E-state index in [1.165, 1.54) is 0 Å². The number of nitrogens with two attached hydrogens (primary N) is 1. The molecule has 4 rings (SSSR count). The zero-order valence-electron chi connectivity index (χ0n) is 20.4. The number of pyridine rings is 1. The Kier molecular flexibility index (Phi) is 11.2. The standard InChI is InChI=1S/C21H24Cl2N2O2.C6H5N3S/c1-24(21(27)12-15-7-8-18(22)19(23)11-15)20(16-5-3-2-4-6-16)14-25-10-9-17(26)13-25;7-3-5-1-2-6(10-8)4-9-5/h2-8,11,17,20,26H,9-10,12-14H2,1H3;1-2,4H,8H2. The third-order valence-corrected chi connectivity index (χ3v) is 7.30. The number of aromatic nitrogens is 1. The lowest BCUT2D eigenvalue weighted by Gasteiger charge is -2.32. The minimum absolute atomic E-state index is 0.0157. The first kappa shape index (κ1) is 28.9. The number of rotatable bonds is 7. The van der Waals surface area contributed by atoms with Gasteiger partial charge in [0.2, 0.25) is 5.91 Å². The number of nitrogens with zero attached hydrogens (tertiary/aromatic N) is 4. The predicted octanol–water partition coefficient (Wildman–Crippen LogP) is 4.72. The maximum Gasteiger partial charge on any atom is 0.227 e. The molecule has 0 radical (unpaired) electrons. The lowest BCUT2D eigenvalue weighted by Crippen LogP contribution is -2.39. The molecule has 1 aromatic heterocycles. The summed E-state index contributed by atoms with van der Waals surface area (Å²) in [4.78, 5) is 21.6. The van der Waals surface area contributed by atoms with E-state index < -0.39 is 0 Å². The van der Waals surface area contributed by atoms with Crippen molar-refractivity contribution < 1.29 is 9.90 Å².